The second-order valence-corrected chi connectivity index (χ2v) is 11.3. The van der Waals surface area contributed by atoms with Crippen LogP contribution in [0.4, 0.5) is 0 Å². The Balaban J connectivity index is 1.26. The van der Waals surface area contributed by atoms with E-state index in [1.807, 2.05) is 24.3 Å². The molecule has 4 N–H and O–H groups in total. The number of carbonyl (C=O) groups is 1. The number of para-hydroxylation sites is 1. The van der Waals surface area contributed by atoms with Gasteiger partial charge in [0.25, 0.3) is 0 Å². The smallest absolute Gasteiger partial charge is 0.223 e. The monoisotopic (exact) mass is 564 g/mol. The zero-order valence-electron chi connectivity index (χ0n) is 24.2. The number of ether oxygens (including phenoxy) is 1. The Kier molecular flexibility index (Phi) is 8.82. The summed E-state index contributed by atoms with van der Waals surface area (Å²) < 4.78 is 5.37. The van der Waals surface area contributed by atoms with E-state index in [1.165, 1.54) is 16.5 Å². The fourth-order valence-electron chi connectivity index (χ4n) is 5.99. The number of hydrogen-bond acceptors (Lipinski definition) is 6. The van der Waals surface area contributed by atoms with E-state index in [2.05, 4.69) is 86.8 Å². The zero-order chi connectivity index (χ0) is 28.7. The number of benzene rings is 3. The van der Waals surface area contributed by atoms with E-state index >= 15 is 0 Å². The molecule has 8 heteroatoms. The van der Waals surface area contributed by atoms with Gasteiger partial charge in [0.2, 0.25) is 5.91 Å². The predicted octanol–water partition coefficient (Wildman–Crippen LogP) is 4.58. The Morgan fingerprint density at radius 1 is 1.00 bits per heavy atom. The minimum atomic E-state index is -0.272. The summed E-state index contributed by atoms with van der Waals surface area (Å²) in [7, 11) is 1.68. The lowest BCUT2D eigenvalue weighted by Gasteiger charge is -2.27. The average molecular weight is 565 g/mol. The first kappa shape index (κ1) is 28.0. The van der Waals surface area contributed by atoms with Crippen molar-refractivity contribution >= 4 is 22.6 Å². The van der Waals surface area contributed by atoms with Crippen molar-refractivity contribution in [3.05, 3.63) is 102 Å². The molecular weight excluding hydrogens is 524 g/mol. The molecule has 0 saturated carbocycles. The maximum Gasteiger partial charge on any atom is 0.223 e. The van der Waals surface area contributed by atoms with Crippen LogP contribution in [0, 0.1) is 5.92 Å². The summed E-state index contributed by atoms with van der Waals surface area (Å²) in [5.41, 5.74) is 8.36. The summed E-state index contributed by atoms with van der Waals surface area (Å²) in [5.74, 6) is 1.78. The van der Waals surface area contributed by atoms with Gasteiger partial charge in [0.05, 0.1) is 13.2 Å². The number of nitrogens with one attached hydrogen (secondary N) is 4. The lowest BCUT2D eigenvalue weighted by atomic mass is 9.96. The second kappa shape index (κ2) is 13.2. The molecule has 2 aliphatic rings. The van der Waals surface area contributed by atoms with Gasteiger partial charge in [-0.3, -0.25) is 4.79 Å². The van der Waals surface area contributed by atoms with Crippen LogP contribution < -0.4 is 20.8 Å². The number of aromatic nitrogens is 1. The first-order valence-electron chi connectivity index (χ1n) is 15.0. The molecule has 1 fully saturated rings. The molecule has 8 nitrogen and oxygen atoms in total. The molecule has 3 heterocycles. The molecule has 2 atom stereocenters. The molecule has 0 bridgehead atoms. The normalized spacial score (nSPS) is 18.4. The van der Waals surface area contributed by atoms with Gasteiger partial charge in [-0.1, -0.05) is 60.7 Å². The highest BCUT2D eigenvalue weighted by molar-refractivity contribution is 5.94. The van der Waals surface area contributed by atoms with Crippen molar-refractivity contribution in [2.24, 2.45) is 10.9 Å². The lowest BCUT2D eigenvalue weighted by molar-refractivity contribution is -0.126. The maximum atomic E-state index is 13.5. The number of rotatable bonds is 11. The summed E-state index contributed by atoms with van der Waals surface area (Å²) in [4.78, 5) is 22.2. The fourth-order valence-corrected chi connectivity index (χ4v) is 5.99. The van der Waals surface area contributed by atoms with E-state index in [1.54, 1.807) is 7.11 Å². The van der Waals surface area contributed by atoms with Crippen LogP contribution in [0.15, 0.2) is 90.1 Å². The molecule has 4 aromatic rings. The number of aromatic amines is 1. The van der Waals surface area contributed by atoms with Gasteiger partial charge >= 0.3 is 0 Å². The highest BCUT2D eigenvalue weighted by Crippen LogP contribution is 2.24. The number of amides is 1. The molecule has 42 heavy (non-hydrogen) atoms. The Morgan fingerprint density at radius 3 is 2.55 bits per heavy atom. The first-order valence-corrected chi connectivity index (χ1v) is 15.0. The third-order valence-electron chi connectivity index (χ3n) is 8.41. The molecule has 6 rings (SSSR count). The number of amidine groups is 1. The van der Waals surface area contributed by atoms with E-state index in [0.29, 0.717) is 13.0 Å². The number of methoxy groups -OCH3 is 1. The minimum Gasteiger partial charge on any atom is -0.497 e. The van der Waals surface area contributed by atoms with Crippen LogP contribution in [0.5, 0.6) is 5.75 Å². The van der Waals surface area contributed by atoms with Gasteiger partial charge in [-0.25, -0.2) is 4.99 Å². The number of hydrogen-bond donors (Lipinski definition) is 4. The number of carbonyl (C=O) groups excluding carboxylic acids is 1. The molecular formula is C34H40N6O2. The maximum absolute atomic E-state index is 13.5. The topological polar surface area (TPSA) is 93.8 Å². The van der Waals surface area contributed by atoms with E-state index in [0.717, 1.165) is 61.4 Å². The van der Waals surface area contributed by atoms with E-state index < -0.39 is 0 Å². The summed E-state index contributed by atoms with van der Waals surface area (Å²) in [6.45, 7) is 2.43. The summed E-state index contributed by atoms with van der Waals surface area (Å²) >= 11 is 0. The van der Waals surface area contributed by atoms with Crippen molar-refractivity contribution in [1.29, 1.82) is 0 Å². The quantitative estimate of drug-likeness (QED) is 0.214. The number of fused-ring (bicyclic) bond motifs is 1. The van der Waals surface area contributed by atoms with Gasteiger partial charge < -0.3 is 25.8 Å². The predicted molar refractivity (Wildman–Crippen MR) is 167 cm³/mol. The lowest BCUT2D eigenvalue weighted by Crippen LogP contribution is -2.52. The third-order valence-corrected chi connectivity index (χ3v) is 8.41. The molecule has 1 aromatic heterocycles. The molecule has 0 spiro atoms. The van der Waals surface area contributed by atoms with Gasteiger partial charge in [-0.05, 0) is 73.7 Å². The van der Waals surface area contributed by atoms with Crippen LogP contribution in [0.2, 0.25) is 0 Å². The van der Waals surface area contributed by atoms with E-state index in [4.69, 9.17) is 9.73 Å². The van der Waals surface area contributed by atoms with Crippen LogP contribution >= 0.6 is 0 Å². The average Bonchev–Trinajstić information content (AvgIpc) is 3.64. The van der Waals surface area contributed by atoms with Crippen LogP contribution in [0.3, 0.4) is 0 Å². The van der Waals surface area contributed by atoms with Gasteiger partial charge in [-0.2, -0.15) is 5.01 Å². The number of hydrazine groups is 1. The van der Waals surface area contributed by atoms with Crippen LogP contribution in [-0.4, -0.2) is 54.1 Å². The van der Waals surface area contributed by atoms with Crippen molar-refractivity contribution in [2.45, 2.75) is 50.9 Å². The number of aliphatic imine (C=N–C) groups is 1. The molecule has 218 valence electrons. The molecule has 0 aliphatic carbocycles. The molecule has 3 aromatic carbocycles. The largest absolute Gasteiger partial charge is 0.497 e. The standard InChI is InChI=1S/C34H40N6O2/c1-42-28-14-11-25(12-15-28)23-40-32(16-13-24-7-3-2-4-8-24)38-33(39-40)31(37-34(41)26-17-19-35-20-18-26)21-27-22-36-30-10-6-5-9-29(27)30/h2-12,14-15,22,26,31-32,35-36H,13,16-21,23H2,1H3,(H,37,41)(H,38,39)/t31-,32-/m1/s1. The molecule has 1 amide bonds. The Hall–Kier alpha value is -4.14. The van der Waals surface area contributed by atoms with Crippen LogP contribution in [-0.2, 0) is 24.2 Å². The van der Waals surface area contributed by atoms with Crippen LogP contribution in [0.1, 0.15) is 36.0 Å². The molecule has 2 aliphatic heterocycles. The minimum absolute atomic E-state index is 0.0167. The molecule has 0 unspecified atom stereocenters. The van der Waals surface area contributed by atoms with Crippen molar-refractivity contribution < 1.29 is 9.53 Å². The molecule has 1 saturated heterocycles. The SMILES string of the molecule is COc1ccc(CN2NC([C@@H](Cc3c[nH]c4ccccc34)NC(=O)C3CCNCC3)=N[C@H]2CCc2ccccc2)cc1. The Labute approximate surface area is 247 Å². The number of aryl methyl sites for hydroxylation is 1. The number of piperidine rings is 1. The fraction of sp³-hybridized carbons (Fsp3) is 0.353. The van der Waals surface area contributed by atoms with Gasteiger partial charge in [-0.15, -0.1) is 0 Å². The summed E-state index contributed by atoms with van der Waals surface area (Å²) in [6.07, 6.45) is 6.13. The van der Waals surface area contributed by atoms with Gasteiger partial charge in [0.1, 0.15) is 17.8 Å². The van der Waals surface area contributed by atoms with Crippen molar-refractivity contribution in [3.8, 4) is 5.75 Å². The Morgan fingerprint density at radius 2 is 1.76 bits per heavy atom. The van der Waals surface area contributed by atoms with E-state index in [9.17, 15) is 4.79 Å². The summed E-state index contributed by atoms with van der Waals surface area (Å²) in [6, 6.07) is 26.8. The summed E-state index contributed by atoms with van der Waals surface area (Å²) in [5, 5.41) is 10.2. The van der Waals surface area contributed by atoms with Crippen molar-refractivity contribution in [3.63, 3.8) is 0 Å². The van der Waals surface area contributed by atoms with Gasteiger partial charge in [0, 0.05) is 36.0 Å². The third kappa shape index (κ3) is 6.66. The zero-order valence-corrected chi connectivity index (χ0v) is 24.2. The number of nitrogens with zero attached hydrogens (tertiary/aromatic N) is 2. The Bertz CT molecular complexity index is 1490. The highest BCUT2D eigenvalue weighted by atomic mass is 16.5. The highest BCUT2D eigenvalue weighted by Gasteiger charge is 2.33. The van der Waals surface area contributed by atoms with Crippen molar-refractivity contribution in [2.75, 3.05) is 20.2 Å². The second-order valence-electron chi connectivity index (χ2n) is 11.3. The molecule has 0 radical (unpaired) electrons. The van der Waals surface area contributed by atoms with Crippen LogP contribution in [0.25, 0.3) is 10.9 Å². The first-order chi connectivity index (χ1) is 20.7. The van der Waals surface area contributed by atoms with E-state index in [-0.39, 0.29) is 24.0 Å². The van der Waals surface area contributed by atoms with Gasteiger partial charge in [0.15, 0.2) is 0 Å². The van der Waals surface area contributed by atoms with Crippen molar-refractivity contribution in [1.82, 2.24) is 26.1 Å². The number of H-pyrrole nitrogens is 1.